The first-order valence-corrected chi connectivity index (χ1v) is 5.95. The average molecular weight is 287 g/mol. The normalized spacial score (nSPS) is 21.4. The van der Waals surface area contributed by atoms with Crippen molar-refractivity contribution >= 4 is 11.9 Å². The van der Waals surface area contributed by atoms with Gasteiger partial charge in [-0.3, -0.25) is 9.59 Å². The van der Waals surface area contributed by atoms with Crippen LogP contribution >= 0.6 is 0 Å². The molecule has 0 aromatic heterocycles. The molecule has 1 aliphatic carbocycles. The summed E-state index contributed by atoms with van der Waals surface area (Å²) >= 11 is 0. The molecular weight excluding hydrogens is 275 g/mol. The van der Waals surface area contributed by atoms with Gasteiger partial charge in [0.25, 0.3) is 0 Å². The minimum absolute atomic E-state index is 0.0500. The number of hydrogen-bond donors (Lipinski definition) is 2. The van der Waals surface area contributed by atoms with E-state index in [1.54, 1.807) is 0 Å². The molecular formula is C13H12F3NO3. The molecule has 0 aliphatic heterocycles. The van der Waals surface area contributed by atoms with Crippen LogP contribution in [0.5, 0.6) is 0 Å². The fourth-order valence-corrected chi connectivity index (χ4v) is 1.94. The molecule has 7 heteroatoms. The molecule has 20 heavy (non-hydrogen) atoms. The van der Waals surface area contributed by atoms with E-state index in [1.165, 1.54) is 12.1 Å². The van der Waals surface area contributed by atoms with E-state index in [4.69, 9.17) is 5.11 Å². The van der Waals surface area contributed by atoms with Crippen molar-refractivity contribution in [1.29, 1.82) is 0 Å². The number of rotatable bonds is 4. The molecule has 1 amide bonds. The van der Waals surface area contributed by atoms with Gasteiger partial charge < -0.3 is 10.4 Å². The van der Waals surface area contributed by atoms with Gasteiger partial charge in [-0.05, 0) is 24.1 Å². The molecule has 0 saturated heterocycles. The van der Waals surface area contributed by atoms with E-state index in [1.807, 2.05) is 0 Å². The predicted molar refractivity (Wildman–Crippen MR) is 62.5 cm³/mol. The van der Waals surface area contributed by atoms with Crippen molar-refractivity contribution in [2.75, 3.05) is 0 Å². The van der Waals surface area contributed by atoms with Gasteiger partial charge in [-0.1, -0.05) is 12.1 Å². The molecule has 108 valence electrons. The maximum absolute atomic E-state index is 12.5. The summed E-state index contributed by atoms with van der Waals surface area (Å²) in [4.78, 5) is 22.2. The number of nitrogens with one attached hydrogen (secondary N) is 1. The van der Waals surface area contributed by atoms with E-state index in [2.05, 4.69) is 5.32 Å². The number of halogens is 3. The van der Waals surface area contributed by atoms with Crippen molar-refractivity contribution in [3.05, 3.63) is 35.4 Å². The summed E-state index contributed by atoms with van der Waals surface area (Å²) in [6.45, 7) is -0.0500. The summed E-state index contributed by atoms with van der Waals surface area (Å²) < 4.78 is 37.5. The van der Waals surface area contributed by atoms with Gasteiger partial charge in [0, 0.05) is 6.54 Å². The van der Waals surface area contributed by atoms with Gasteiger partial charge in [0.1, 0.15) is 0 Å². The average Bonchev–Trinajstić information content (AvgIpc) is 3.15. The van der Waals surface area contributed by atoms with Gasteiger partial charge in [0.05, 0.1) is 17.4 Å². The van der Waals surface area contributed by atoms with Gasteiger partial charge in [-0.15, -0.1) is 0 Å². The van der Waals surface area contributed by atoms with Crippen LogP contribution in [0.15, 0.2) is 24.3 Å². The van der Waals surface area contributed by atoms with Gasteiger partial charge in [0.2, 0.25) is 5.91 Å². The fourth-order valence-electron chi connectivity index (χ4n) is 1.94. The van der Waals surface area contributed by atoms with Crippen LogP contribution in [0.4, 0.5) is 13.2 Å². The minimum atomic E-state index is -4.43. The van der Waals surface area contributed by atoms with E-state index in [9.17, 15) is 22.8 Å². The second-order valence-corrected chi connectivity index (χ2v) is 4.70. The zero-order valence-electron chi connectivity index (χ0n) is 10.3. The largest absolute Gasteiger partial charge is 0.481 e. The first-order chi connectivity index (χ1) is 9.29. The molecule has 4 nitrogen and oxygen atoms in total. The summed E-state index contributed by atoms with van der Waals surface area (Å²) in [5, 5.41) is 11.1. The van der Waals surface area contributed by atoms with Crippen molar-refractivity contribution < 1.29 is 27.9 Å². The third kappa shape index (κ3) is 3.28. The molecule has 0 unspecified atom stereocenters. The van der Waals surface area contributed by atoms with E-state index >= 15 is 0 Å². The molecule has 2 atom stereocenters. The van der Waals surface area contributed by atoms with Crippen molar-refractivity contribution in [1.82, 2.24) is 5.32 Å². The molecule has 1 fully saturated rings. The van der Waals surface area contributed by atoms with Gasteiger partial charge in [-0.25, -0.2) is 0 Å². The molecule has 2 N–H and O–H groups in total. The lowest BCUT2D eigenvalue weighted by Crippen LogP contribution is -2.26. The Hall–Kier alpha value is -2.05. The zero-order chi connectivity index (χ0) is 14.9. The summed E-state index contributed by atoms with van der Waals surface area (Å²) in [5.41, 5.74) is -0.459. The van der Waals surface area contributed by atoms with Crippen molar-refractivity contribution in [2.24, 2.45) is 11.8 Å². The number of hydrogen-bond acceptors (Lipinski definition) is 2. The lowest BCUT2D eigenvalue weighted by atomic mass is 10.1. The molecule has 0 bridgehead atoms. The Balaban J connectivity index is 1.92. The fraction of sp³-hybridized carbons (Fsp3) is 0.385. The Labute approximate surface area is 112 Å². The second kappa shape index (κ2) is 5.15. The van der Waals surface area contributed by atoms with E-state index in [0.29, 0.717) is 5.56 Å². The molecule has 1 aromatic rings. The Bertz CT molecular complexity index is 542. The third-order valence-corrected chi connectivity index (χ3v) is 3.17. The number of carbonyl (C=O) groups is 2. The summed E-state index contributed by atoms with van der Waals surface area (Å²) in [6, 6.07) is 4.65. The molecule has 1 aromatic carbocycles. The highest BCUT2D eigenvalue weighted by Gasteiger charge is 2.48. The van der Waals surface area contributed by atoms with Crippen LogP contribution in [-0.4, -0.2) is 17.0 Å². The van der Waals surface area contributed by atoms with Crippen LogP contribution in [0.1, 0.15) is 17.5 Å². The van der Waals surface area contributed by atoms with E-state index < -0.39 is 35.5 Å². The summed E-state index contributed by atoms with van der Waals surface area (Å²) in [7, 11) is 0. The lowest BCUT2D eigenvalue weighted by Gasteiger charge is -2.09. The quantitative estimate of drug-likeness (QED) is 0.890. The van der Waals surface area contributed by atoms with Crippen LogP contribution in [0.25, 0.3) is 0 Å². The number of aliphatic carboxylic acids is 1. The second-order valence-electron chi connectivity index (χ2n) is 4.70. The van der Waals surface area contributed by atoms with Crippen LogP contribution < -0.4 is 5.32 Å². The van der Waals surface area contributed by atoms with Crippen molar-refractivity contribution in [3.63, 3.8) is 0 Å². The number of benzene rings is 1. The zero-order valence-corrected chi connectivity index (χ0v) is 10.3. The van der Waals surface area contributed by atoms with Gasteiger partial charge in [0.15, 0.2) is 0 Å². The minimum Gasteiger partial charge on any atom is -0.481 e. The smallest absolute Gasteiger partial charge is 0.416 e. The maximum atomic E-state index is 12.5. The first kappa shape index (κ1) is 14.4. The molecule has 0 heterocycles. The number of carboxylic acid groups (broad SMARTS) is 1. The predicted octanol–water partition coefficient (Wildman–Crippen LogP) is 2.04. The lowest BCUT2D eigenvalue weighted by molar-refractivity contribution is -0.140. The highest BCUT2D eigenvalue weighted by molar-refractivity contribution is 5.89. The Morgan fingerprint density at radius 3 is 2.55 bits per heavy atom. The van der Waals surface area contributed by atoms with Crippen molar-refractivity contribution in [2.45, 2.75) is 19.1 Å². The topological polar surface area (TPSA) is 66.4 Å². The Morgan fingerprint density at radius 2 is 2.00 bits per heavy atom. The maximum Gasteiger partial charge on any atom is 0.416 e. The van der Waals surface area contributed by atoms with Crippen LogP contribution in [0.3, 0.4) is 0 Å². The van der Waals surface area contributed by atoms with Gasteiger partial charge in [-0.2, -0.15) is 13.2 Å². The molecule has 0 spiro atoms. The highest BCUT2D eigenvalue weighted by atomic mass is 19.4. The van der Waals surface area contributed by atoms with Crippen LogP contribution in [0.2, 0.25) is 0 Å². The third-order valence-electron chi connectivity index (χ3n) is 3.17. The van der Waals surface area contributed by atoms with Gasteiger partial charge >= 0.3 is 12.1 Å². The summed E-state index contributed by atoms with van der Waals surface area (Å²) in [6.07, 6.45) is -4.14. The Kier molecular flexibility index (Phi) is 3.69. The number of carbonyl (C=O) groups excluding carboxylic acids is 1. The highest BCUT2D eigenvalue weighted by Crippen LogP contribution is 2.38. The van der Waals surface area contributed by atoms with Crippen LogP contribution in [0, 0.1) is 11.8 Å². The number of alkyl halides is 3. The number of carboxylic acids is 1. The molecule has 0 radical (unpaired) electrons. The monoisotopic (exact) mass is 287 g/mol. The van der Waals surface area contributed by atoms with E-state index in [0.717, 1.165) is 12.1 Å². The molecule has 1 saturated carbocycles. The number of amides is 1. The standard InChI is InChI=1S/C13H12F3NO3/c14-13(15,16)8-3-1-2-7(4-8)6-17-11(18)9-5-10(9)12(19)20/h1-4,9-10H,5-6H2,(H,17,18)(H,19,20)/t9-,10+/m0/s1. The summed E-state index contributed by atoms with van der Waals surface area (Å²) in [5.74, 6) is -2.70. The van der Waals surface area contributed by atoms with Crippen molar-refractivity contribution in [3.8, 4) is 0 Å². The molecule has 2 rings (SSSR count). The first-order valence-electron chi connectivity index (χ1n) is 5.95. The Morgan fingerprint density at radius 1 is 1.30 bits per heavy atom. The van der Waals surface area contributed by atoms with E-state index in [-0.39, 0.29) is 13.0 Å². The van der Waals surface area contributed by atoms with Crippen LogP contribution in [-0.2, 0) is 22.3 Å². The SMILES string of the molecule is O=C(NCc1cccc(C(F)(F)F)c1)[C@H]1C[C@H]1C(=O)O. The molecule has 1 aliphatic rings.